The lowest BCUT2D eigenvalue weighted by Gasteiger charge is -2.32. The molecular weight excluding hydrogens is 460 g/mol. The molecule has 0 heterocycles. The third-order valence-electron chi connectivity index (χ3n) is 6.82. The van der Waals surface area contributed by atoms with E-state index in [1.807, 2.05) is 88.4 Å². The Balaban J connectivity index is 1.93. The number of amides is 2. The van der Waals surface area contributed by atoms with Crippen molar-refractivity contribution in [1.29, 1.82) is 0 Å². The maximum atomic E-state index is 13.8. The van der Waals surface area contributed by atoms with Gasteiger partial charge in [-0.1, -0.05) is 74.0 Å². The molecule has 0 bridgehead atoms. The number of benzene rings is 3. The van der Waals surface area contributed by atoms with Crippen LogP contribution >= 0.6 is 0 Å². The Labute approximate surface area is 221 Å². The second-order valence-corrected chi connectivity index (χ2v) is 9.79. The van der Waals surface area contributed by atoms with Crippen LogP contribution in [-0.2, 0) is 22.6 Å². The number of rotatable bonds is 12. The zero-order chi connectivity index (χ0) is 26.8. The Morgan fingerprint density at radius 2 is 1.62 bits per heavy atom. The molecule has 196 valence electrons. The molecule has 0 aromatic heterocycles. The molecule has 0 fully saturated rings. The Bertz CT molecular complexity index is 1190. The van der Waals surface area contributed by atoms with Gasteiger partial charge < -0.3 is 15.0 Å². The largest absolute Gasteiger partial charge is 0.483 e. The van der Waals surface area contributed by atoms with Crippen LogP contribution < -0.4 is 10.1 Å². The molecule has 5 heteroatoms. The molecule has 0 radical (unpaired) electrons. The molecule has 3 aromatic carbocycles. The standard InChI is InChI=1S/C32H40N2O3/c1-6-7-17-33-32(36)29(20-27-14-9-8-10-15-27)34(21-28-16-12-11-13-24(28)3)31(35)22-37-30-19-23(2)18-25(4)26(30)5/h8-16,18-19,29H,6-7,17,20-22H2,1-5H3,(H,33,36). The van der Waals surface area contributed by atoms with E-state index in [0.29, 0.717) is 25.3 Å². The van der Waals surface area contributed by atoms with Crippen LogP contribution in [0.5, 0.6) is 5.75 Å². The fourth-order valence-corrected chi connectivity index (χ4v) is 4.40. The van der Waals surface area contributed by atoms with Gasteiger partial charge in [0, 0.05) is 19.5 Å². The van der Waals surface area contributed by atoms with E-state index in [9.17, 15) is 9.59 Å². The summed E-state index contributed by atoms with van der Waals surface area (Å²) in [5.41, 5.74) is 6.32. The van der Waals surface area contributed by atoms with Crippen LogP contribution in [0, 0.1) is 27.7 Å². The molecule has 5 nitrogen and oxygen atoms in total. The van der Waals surface area contributed by atoms with Gasteiger partial charge in [0.2, 0.25) is 5.91 Å². The van der Waals surface area contributed by atoms with Crippen LogP contribution in [0.15, 0.2) is 66.7 Å². The van der Waals surface area contributed by atoms with Gasteiger partial charge in [-0.15, -0.1) is 0 Å². The lowest BCUT2D eigenvalue weighted by molar-refractivity contribution is -0.142. The molecule has 1 unspecified atom stereocenters. The van der Waals surface area contributed by atoms with E-state index in [0.717, 1.165) is 46.2 Å². The van der Waals surface area contributed by atoms with E-state index in [1.54, 1.807) is 4.90 Å². The molecule has 0 aliphatic rings. The number of nitrogens with zero attached hydrogens (tertiary/aromatic N) is 1. The summed E-state index contributed by atoms with van der Waals surface area (Å²) in [5, 5.41) is 3.06. The van der Waals surface area contributed by atoms with E-state index in [-0.39, 0.29) is 18.4 Å². The predicted octanol–water partition coefficient (Wildman–Crippen LogP) is 5.86. The normalized spacial score (nSPS) is 11.6. The molecule has 0 spiro atoms. The summed E-state index contributed by atoms with van der Waals surface area (Å²) >= 11 is 0. The van der Waals surface area contributed by atoms with Crippen molar-refractivity contribution < 1.29 is 14.3 Å². The van der Waals surface area contributed by atoms with Gasteiger partial charge >= 0.3 is 0 Å². The first-order valence-corrected chi connectivity index (χ1v) is 13.2. The molecule has 3 rings (SSSR count). The van der Waals surface area contributed by atoms with Crippen LogP contribution in [0.2, 0.25) is 0 Å². The maximum Gasteiger partial charge on any atom is 0.261 e. The summed E-state index contributed by atoms with van der Waals surface area (Å²) in [5.74, 6) is 0.351. The first-order valence-electron chi connectivity index (χ1n) is 13.2. The maximum absolute atomic E-state index is 13.8. The topological polar surface area (TPSA) is 58.6 Å². The molecule has 0 aliphatic carbocycles. The monoisotopic (exact) mass is 500 g/mol. The van der Waals surface area contributed by atoms with Gasteiger partial charge in [-0.05, 0) is 73.6 Å². The number of hydrogen-bond donors (Lipinski definition) is 1. The molecule has 1 atom stereocenters. The Morgan fingerprint density at radius 3 is 2.32 bits per heavy atom. The van der Waals surface area contributed by atoms with E-state index in [4.69, 9.17) is 4.74 Å². The summed E-state index contributed by atoms with van der Waals surface area (Å²) in [4.78, 5) is 29.0. The summed E-state index contributed by atoms with van der Waals surface area (Å²) in [6.45, 7) is 11.0. The van der Waals surface area contributed by atoms with Gasteiger partial charge in [0.25, 0.3) is 5.91 Å². The Kier molecular flexibility index (Phi) is 10.3. The molecule has 0 saturated carbocycles. The summed E-state index contributed by atoms with van der Waals surface area (Å²) in [7, 11) is 0. The van der Waals surface area contributed by atoms with Crippen LogP contribution in [-0.4, -0.2) is 35.9 Å². The predicted molar refractivity (Wildman–Crippen MR) is 150 cm³/mol. The minimum Gasteiger partial charge on any atom is -0.483 e. The summed E-state index contributed by atoms with van der Waals surface area (Å²) < 4.78 is 6.06. The van der Waals surface area contributed by atoms with Crippen LogP contribution in [0.1, 0.15) is 53.1 Å². The van der Waals surface area contributed by atoms with Gasteiger partial charge in [-0.3, -0.25) is 9.59 Å². The number of aryl methyl sites for hydroxylation is 3. The van der Waals surface area contributed by atoms with Gasteiger partial charge in [-0.25, -0.2) is 0 Å². The Hall–Kier alpha value is -3.60. The third kappa shape index (κ3) is 7.94. The second-order valence-electron chi connectivity index (χ2n) is 9.79. The van der Waals surface area contributed by atoms with Crippen molar-refractivity contribution in [3.63, 3.8) is 0 Å². The number of unbranched alkanes of at least 4 members (excludes halogenated alkanes) is 1. The van der Waals surface area contributed by atoms with E-state index in [1.165, 1.54) is 0 Å². The third-order valence-corrected chi connectivity index (χ3v) is 6.82. The minimum atomic E-state index is -0.657. The average molecular weight is 501 g/mol. The number of nitrogens with one attached hydrogen (secondary N) is 1. The SMILES string of the molecule is CCCCNC(=O)C(Cc1ccccc1)N(Cc1ccccc1C)C(=O)COc1cc(C)cc(C)c1C. The van der Waals surface area contributed by atoms with E-state index < -0.39 is 6.04 Å². The van der Waals surface area contributed by atoms with Crippen LogP contribution in [0.3, 0.4) is 0 Å². The zero-order valence-electron chi connectivity index (χ0n) is 22.8. The fraction of sp³-hybridized carbons (Fsp3) is 0.375. The summed E-state index contributed by atoms with van der Waals surface area (Å²) in [6, 6.07) is 21.3. The minimum absolute atomic E-state index is 0.136. The number of ether oxygens (including phenoxy) is 1. The van der Waals surface area contributed by atoms with E-state index in [2.05, 4.69) is 18.3 Å². The highest BCUT2D eigenvalue weighted by Crippen LogP contribution is 2.24. The molecule has 1 N–H and O–H groups in total. The number of carbonyl (C=O) groups excluding carboxylic acids is 2. The van der Waals surface area contributed by atoms with Crippen molar-refractivity contribution in [1.82, 2.24) is 10.2 Å². The van der Waals surface area contributed by atoms with Crippen molar-refractivity contribution in [3.05, 3.63) is 100 Å². The first kappa shape index (κ1) is 28.0. The van der Waals surface area contributed by atoms with Gasteiger partial charge in [0.05, 0.1) is 0 Å². The Morgan fingerprint density at radius 1 is 0.919 bits per heavy atom. The lowest BCUT2D eigenvalue weighted by atomic mass is 10.0. The van der Waals surface area contributed by atoms with Crippen molar-refractivity contribution >= 4 is 11.8 Å². The highest BCUT2D eigenvalue weighted by atomic mass is 16.5. The molecule has 3 aromatic rings. The fourth-order valence-electron chi connectivity index (χ4n) is 4.40. The number of carbonyl (C=O) groups is 2. The van der Waals surface area contributed by atoms with Crippen molar-refractivity contribution in [2.45, 2.75) is 66.5 Å². The highest BCUT2D eigenvalue weighted by molar-refractivity contribution is 5.88. The quantitative estimate of drug-likeness (QED) is 0.317. The zero-order valence-corrected chi connectivity index (χ0v) is 22.8. The van der Waals surface area contributed by atoms with Gasteiger partial charge in [0.15, 0.2) is 6.61 Å². The molecule has 0 saturated heterocycles. The molecule has 37 heavy (non-hydrogen) atoms. The highest BCUT2D eigenvalue weighted by Gasteiger charge is 2.31. The van der Waals surface area contributed by atoms with Crippen LogP contribution in [0.25, 0.3) is 0 Å². The first-order chi connectivity index (χ1) is 17.8. The molecular formula is C32H40N2O3. The van der Waals surface area contributed by atoms with Crippen molar-refractivity contribution in [2.75, 3.05) is 13.2 Å². The van der Waals surface area contributed by atoms with Crippen molar-refractivity contribution in [3.8, 4) is 5.75 Å². The second kappa shape index (κ2) is 13.6. The smallest absolute Gasteiger partial charge is 0.261 e. The molecule has 0 aliphatic heterocycles. The average Bonchev–Trinajstić information content (AvgIpc) is 2.88. The lowest BCUT2D eigenvalue weighted by Crippen LogP contribution is -2.52. The number of hydrogen-bond acceptors (Lipinski definition) is 3. The van der Waals surface area contributed by atoms with Gasteiger partial charge in [0.1, 0.15) is 11.8 Å². The van der Waals surface area contributed by atoms with Crippen LogP contribution in [0.4, 0.5) is 0 Å². The van der Waals surface area contributed by atoms with Crippen molar-refractivity contribution in [2.24, 2.45) is 0 Å². The van der Waals surface area contributed by atoms with Gasteiger partial charge in [-0.2, -0.15) is 0 Å². The van der Waals surface area contributed by atoms with E-state index >= 15 is 0 Å². The molecule has 2 amide bonds. The summed E-state index contributed by atoms with van der Waals surface area (Å²) in [6.07, 6.45) is 2.31.